The van der Waals surface area contributed by atoms with E-state index in [1.807, 2.05) is 0 Å². The highest BCUT2D eigenvalue weighted by Crippen LogP contribution is 2.34. The Balaban J connectivity index is 0.000000165. The minimum absolute atomic E-state index is 0.00665. The van der Waals surface area contributed by atoms with Crippen LogP contribution in [0, 0.1) is 20.2 Å². The normalized spacial score (nSPS) is 16.1. The summed E-state index contributed by atoms with van der Waals surface area (Å²) in [7, 11) is 0. The zero-order chi connectivity index (χ0) is 22.7. The van der Waals surface area contributed by atoms with Crippen molar-refractivity contribution in [2.45, 2.75) is 32.0 Å². The van der Waals surface area contributed by atoms with Crippen molar-refractivity contribution < 1.29 is 24.4 Å². The first-order valence-corrected chi connectivity index (χ1v) is 9.98. The highest BCUT2D eigenvalue weighted by molar-refractivity contribution is 5.87. The largest absolute Gasteiger partial charge is 0.502 e. The molecule has 0 saturated carbocycles. The highest BCUT2D eigenvalue weighted by Gasteiger charge is 2.24. The fourth-order valence-electron chi connectivity index (χ4n) is 3.62. The van der Waals surface area contributed by atoms with Gasteiger partial charge >= 0.3 is 11.4 Å². The van der Waals surface area contributed by atoms with Crippen LogP contribution in [0.4, 0.5) is 11.4 Å². The molecule has 11 nitrogen and oxygen atoms in total. The molecule has 1 N–H and O–H groups in total. The van der Waals surface area contributed by atoms with E-state index in [2.05, 4.69) is 9.98 Å². The van der Waals surface area contributed by atoms with Gasteiger partial charge in [0.15, 0.2) is 11.5 Å². The molecule has 2 aromatic carbocycles. The first-order valence-electron chi connectivity index (χ1n) is 9.98. The van der Waals surface area contributed by atoms with Crippen molar-refractivity contribution in [1.29, 1.82) is 0 Å². The number of rotatable bonds is 4. The number of hydrogen-bond acceptors (Lipinski definition) is 9. The van der Waals surface area contributed by atoms with Gasteiger partial charge in [-0.1, -0.05) is 0 Å². The van der Waals surface area contributed by atoms with Gasteiger partial charge in [-0.25, -0.2) is 0 Å². The molecule has 0 unspecified atom stereocenters. The van der Waals surface area contributed by atoms with Gasteiger partial charge in [-0.15, -0.1) is 0 Å². The smallest absolute Gasteiger partial charge is 0.311 e. The van der Waals surface area contributed by atoms with E-state index in [-0.39, 0.29) is 23.2 Å². The van der Waals surface area contributed by atoms with Gasteiger partial charge in [-0.05, 0) is 23.3 Å². The number of aliphatic imine (C=N–C) groups is 2. The minimum Gasteiger partial charge on any atom is -0.502 e. The van der Waals surface area contributed by atoms with E-state index < -0.39 is 9.85 Å². The van der Waals surface area contributed by atoms with Crippen LogP contribution >= 0.6 is 0 Å². The molecule has 0 aromatic heterocycles. The summed E-state index contributed by atoms with van der Waals surface area (Å²) in [5.74, 6) is 0.0513. The van der Waals surface area contributed by atoms with Crippen LogP contribution in [0.3, 0.4) is 0 Å². The van der Waals surface area contributed by atoms with Crippen LogP contribution in [0.1, 0.15) is 35.1 Å². The van der Waals surface area contributed by atoms with Crippen LogP contribution < -0.4 is 4.74 Å². The van der Waals surface area contributed by atoms with E-state index in [1.165, 1.54) is 12.1 Å². The second kappa shape index (κ2) is 9.10. The third-order valence-electron chi connectivity index (χ3n) is 5.30. The summed E-state index contributed by atoms with van der Waals surface area (Å²) in [5, 5.41) is 30.8. The Hall–Kier alpha value is -3.86. The lowest BCUT2D eigenvalue weighted by molar-refractivity contribution is -0.386. The van der Waals surface area contributed by atoms with Crippen molar-refractivity contribution >= 4 is 23.8 Å². The Labute approximate surface area is 182 Å². The number of nitro benzene ring substituents is 2. The maximum absolute atomic E-state index is 11.1. The van der Waals surface area contributed by atoms with Crippen molar-refractivity contribution in [3.63, 3.8) is 0 Å². The van der Waals surface area contributed by atoms with E-state index in [4.69, 9.17) is 9.47 Å². The molecule has 0 radical (unpaired) electrons. The Bertz CT molecular complexity index is 1120. The van der Waals surface area contributed by atoms with E-state index in [9.17, 15) is 25.3 Å². The van der Waals surface area contributed by atoms with Crippen LogP contribution in [-0.2, 0) is 17.8 Å². The maximum Gasteiger partial charge on any atom is 0.311 e. The molecular formula is C21H20N4O7. The number of fused-ring (bicyclic) bond motifs is 2. The minimum atomic E-state index is -0.609. The Morgan fingerprint density at radius 2 is 1.47 bits per heavy atom. The van der Waals surface area contributed by atoms with Crippen molar-refractivity contribution in [3.8, 4) is 11.5 Å². The summed E-state index contributed by atoms with van der Waals surface area (Å²) in [6.45, 7) is 2.34. The lowest BCUT2D eigenvalue weighted by atomic mass is 10.1. The number of hydrogen-bond donors (Lipinski definition) is 1. The van der Waals surface area contributed by atoms with Crippen molar-refractivity contribution in [1.82, 2.24) is 0 Å². The fraction of sp³-hybridized carbons (Fsp3) is 0.333. The van der Waals surface area contributed by atoms with E-state index >= 15 is 0 Å². The van der Waals surface area contributed by atoms with Crippen LogP contribution in [0.2, 0.25) is 0 Å². The van der Waals surface area contributed by atoms with Gasteiger partial charge in [0, 0.05) is 48.5 Å². The number of phenolic OH excluding ortho intramolecular Hbond substituents is 1. The van der Waals surface area contributed by atoms with Gasteiger partial charge in [0.1, 0.15) is 6.10 Å². The number of aromatic hydroxyl groups is 1. The number of benzene rings is 2. The molecule has 0 atom stereocenters. The summed E-state index contributed by atoms with van der Waals surface area (Å²) in [5.41, 5.74) is 3.07. The van der Waals surface area contributed by atoms with Crippen LogP contribution in [0.25, 0.3) is 0 Å². The summed E-state index contributed by atoms with van der Waals surface area (Å²) in [6, 6.07) is 6.01. The average molecular weight is 440 g/mol. The quantitative estimate of drug-likeness (QED) is 0.566. The Morgan fingerprint density at radius 3 is 2.06 bits per heavy atom. The third-order valence-corrected chi connectivity index (χ3v) is 5.30. The molecule has 5 rings (SSSR count). The van der Waals surface area contributed by atoms with Crippen LogP contribution in [0.15, 0.2) is 34.3 Å². The molecule has 1 saturated heterocycles. The molecule has 0 amide bonds. The molecule has 3 heterocycles. The average Bonchev–Trinajstić information content (AvgIpc) is 3.42. The summed E-state index contributed by atoms with van der Waals surface area (Å²) < 4.78 is 11.1. The molecule has 0 bridgehead atoms. The van der Waals surface area contributed by atoms with Gasteiger partial charge in [0.2, 0.25) is 0 Å². The first-order chi connectivity index (χ1) is 15.4. The number of ether oxygens (including phenoxy) is 2. The second-order valence-corrected chi connectivity index (χ2v) is 7.44. The van der Waals surface area contributed by atoms with Crippen molar-refractivity contribution in [2.75, 3.05) is 13.2 Å². The van der Waals surface area contributed by atoms with Gasteiger partial charge in [-0.3, -0.25) is 30.2 Å². The van der Waals surface area contributed by atoms with Crippen molar-refractivity contribution in [2.24, 2.45) is 9.98 Å². The lowest BCUT2D eigenvalue weighted by Gasteiger charge is -2.23. The summed E-state index contributed by atoms with van der Waals surface area (Å²) >= 11 is 0. The molecule has 166 valence electrons. The topological polar surface area (TPSA) is 150 Å². The highest BCUT2D eigenvalue weighted by atomic mass is 16.6. The summed E-state index contributed by atoms with van der Waals surface area (Å²) in [4.78, 5) is 28.6. The first kappa shape index (κ1) is 21.4. The molecule has 2 aromatic rings. The van der Waals surface area contributed by atoms with Crippen molar-refractivity contribution in [3.05, 3.63) is 66.7 Å². The summed E-state index contributed by atoms with van der Waals surface area (Å²) in [6.07, 6.45) is 4.77. The molecule has 3 aliphatic heterocycles. The monoisotopic (exact) mass is 440 g/mol. The van der Waals surface area contributed by atoms with Gasteiger partial charge in [0.05, 0.1) is 36.1 Å². The van der Waals surface area contributed by atoms with Gasteiger partial charge in [0.25, 0.3) is 0 Å². The molecule has 11 heteroatoms. The Morgan fingerprint density at radius 1 is 0.906 bits per heavy atom. The molecule has 32 heavy (non-hydrogen) atoms. The molecule has 0 aliphatic carbocycles. The maximum atomic E-state index is 11.1. The molecule has 0 spiro atoms. The van der Waals surface area contributed by atoms with E-state index in [0.717, 1.165) is 29.5 Å². The fourth-order valence-corrected chi connectivity index (χ4v) is 3.62. The Kier molecular flexibility index (Phi) is 6.08. The van der Waals surface area contributed by atoms with E-state index in [1.54, 1.807) is 24.6 Å². The van der Waals surface area contributed by atoms with Crippen LogP contribution in [-0.4, -0.2) is 46.7 Å². The van der Waals surface area contributed by atoms with Crippen LogP contribution in [0.5, 0.6) is 11.5 Å². The zero-order valence-electron chi connectivity index (χ0n) is 17.0. The lowest BCUT2D eigenvalue weighted by Crippen LogP contribution is -2.26. The predicted octanol–water partition coefficient (Wildman–Crippen LogP) is 3.32. The number of nitro groups is 2. The SMILES string of the molecule is O=[N+]([O-])c1cc2c(cc1O)CN=C2.O=[N+]([O-])c1cc2c(cc1OC1CCOCC1)CN=C2. The zero-order valence-corrected chi connectivity index (χ0v) is 17.0. The number of nitrogens with zero attached hydrogens (tertiary/aromatic N) is 4. The third kappa shape index (κ3) is 4.57. The standard InChI is InChI=1S/C13H14N2O4.C8H6N2O3/c16-15(17)12-5-9-7-14-8-10(9)6-13(12)19-11-1-3-18-4-2-11;11-8-2-6-4-9-3-5(6)1-7(8)10(12)13/h5-7,11H,1-4,8H2;1-3,11H,4H2. The molecule has 3 aliphatic rings. The number of phenols is 1. The second-order valence-electron chi connectivity index (χ2n) is 7.44. The van der Waals surface area contributed by atoms with Gasteiger partial charge in [-0.2, -0.15) is 0 Å². The molecular weight excluding hydrogens is 420 g/mol. The van der Waals surface area contributed by atoms with Gasteiger partial charge < -0.3 is 14.6 Å². The molecule has 1 fully saturated rings. The van der Waals surface area contributed by atoms with E-state index in [0.29, 0.717) is 37.6 Å². The predicted molar refractivity (Wildman–Crippen MR) is 115 cm³/mol.